The molecule has 2 aromatic rings. The van der Waals surface area contributed by atoms with E-state index in [4.69, 9.17) is 23.2 Å². The first-order valence-electron chi connectivity index (χ1n) is 7.84. The molecule has 0 spiro atoms. The summed E-state index contributed by atoms with van der Waals surface area (Å²) in [6.07, 6.45) is 0. The van der Waals surface area contributed by atoms with Crippen molar-refractivity contribution in [2.45, 2.75) is 6.54 Å². The lowest BCUT2D eigenvalue weighted by molar-refractivity contribution is 0.144. The van der Waals surface area contributed by atoms with E-state index in [1.807, 2.05) is 30.3 Å². The van der Waals surface area contributed by atoms with Crippen LogP contribution in [0.2, 0.25) is 10.0 Å². The summed E-state index contributed by atoms with van der Waals surface area (Å²) in [7, 11) is 0. The lowest BCUT2D eigenvalue weighted by Gasteiger charge is -2.39. The number of urea groups is 1. The number of benzene rings is 2. The van der Waals surface area contributed by atoms with Gasteiger partial charge in [0.25, 0.3) is 0 Å². The first-order valence-corrected chi connectivity index (χ1v) is 9.39. The summed E-state index contributed by atoms with van der Waals surface area (Å²) in [5, 5.41) is 10.7. The molecule has 0 aliphatic carbocycles. The number of carbonyl (C=O) groups excluding carboxylic acids is 1. The second-order valence-electron chi connectivity index (χ2n) is 6.03. The Morgan fingerprint density at radius 2 is 1.84 bits per heavy atom. The normalized spacial score (nSPS) is 17.9. The van der Waals surface area contributed by atoms with Gasteiger partial charge in [-0.1, -0.05) is 45.2 Å². The molecule has 3 rings (SSSR count). The average molecular weight is 444 g/mol. The van der Waals surface area contributed by atoms with Crippen molar-refractivity contribution >= 4 is 50.9 Å². The molecule has 0 aromatic heterocycles. The van der Waals surface area contributed by atoms with Gasteiger partial charge in [0.2, 0.25) is 0 Å². The number of anilines is 1. The molecule has 2 amide bonds. The highest BCUT2D eigenvalue weighted by Crippen LogP contribution is 2.27. The van der Waals surface area contributed by atoms with Crippen molar-refractivity contribution in [2.75, 3.05) is 24.6 Å². The van der Waals surface area contributed by atoms with Crippen molar-refractivity contribution in [1.29, 1.82) is 0 Å². The van der Waals surface area contributed by atoms with Gasteiger partial charge in [-0.25, -0.2) is 4.79 Å². The van der Waals surface area contributed by atoms with Crippen LogP contribution in [0.1, 0.15) is 5.56 Å². The number of hydrogen-bond acceptors (Lipinski definition) is 2. The molecule has 1 saturated heterocycles. The summed E-state index contributed by atoms with van der Waals surface area (Å²) in [5.74, 6) is -0.0209. The van der Waals surface area contributed by atoms with Gasteiger partial charge >= 0.3 is 6.03 Å². The van der Waals surface area contributed by atoms with Crippen molar-refractivity contribution in [3.8, 4) is 0 Å². The van der Waals surface area contributed by atoms with E-state index < -0.39 is 0 Å². The van der Waals surface area contributed by atoms with Crippen LogP contribution < -0.4 is 4.90 Å². The second-order valence-corrected chi connectivity index (χ2v) is 7.79. The number of halogens is 3. The molecule has 1 N–H and O–H groups in total. The molecule has 2 aromatic carbocycles. The molecule has 7 heteroatoms. The smallest absolute Gasteiger partial charge is 0.324 e. The third kappa shape index (κ3) is 4.29. The number of aliphatic hydroxyl groups is 1. The zero-order valence-electron chi connectivity index (χ0n) is 13.3. The fraction of sp³-hybridized carbons (Fsp3) is 0.278. The average Bonchev–Trinajstić information content (AvgIpc) is 2.60. The van der Waals surface area contributed by atoms with Gasteiger partial charge in [-0.05, 0) is 42.0 Å². The maximum absolute atomic E-state index is 12.9. The quantitative estimate of drug-likeness (QED) is 0.736. The van der Waals surface area contributed by atoms with Crippen LogP contribution in [0.5, 0.6) is 0 Å². The molecule has 132 valence electrons. The Morgan fingerprint density at radius 1 is 1.12 bits per heavy atom. The summed E-state index contributed by atoms with van der Waals surface area (Å²) >= 11 is 15.6. The largest absolute Gasteiger partial charge is 0.396 e. The number of amides is 2. The molecule has 0 bridgehead atoms. The number of nitrogens with zero attached hydrogens (tertiary/aromatic N) is 2. The highest BCUT2D eigenvalue weighted by Gasteiger charge is 2.32. The molecule has 1 aliphatic heterocycles. The lowest BCUT2D eigenvalue weighted by Crippen LogP contribution is -2.54. The van der Waals surface area contributed by atoms with Gasteiger partial charge in [0, 0.05) is 52.4 Å². The fourth-order valence-corrected chi connectivity index (χ4v) is 3.63. The van der Waals surface area contributed by atoms with Gasteiger partial charge in [-0.3, -0.25) is 4.90 Å². The summed E-state index contributed by atoms with van der Waals surface area (Å²) in [4.78, 5) is 16.3. The second kappa shape index (κ2) is 7.96. The van der Waals surface area contributed by atoms with E-state index in [9.17, 15) is 9.90 Å². The molecule has 0 saturated carbocycles. The zero-order valence-corrected chi connectivity index (χ0v) is 16.4. The predicted octanol–water partition coefficient (Wildman–Crippen LogP) is 4.81. The van der Waals surface area contributed by atoms with Gasteiger partial charge in [0.05, 0.1) is 0 Å². The maximum atomic E-state index is 12.9. The van der Waals surface area contributed by atoms with Gasteiger partial charge < -0.3 is 10.0 Å². The number of aliphatic hydroxyl groups excluding tert-OH is 1. The standard InChI is InChI=1S/C18H17BrCl2N2O2/c19-14-2-5-16(6-3-14)23-9-12(11-24)8-22(18(23)25)10-13-1-4-15(20)7-17(13)21/h1-7,12,24H,8-11H2. The maximum Gasteiger partial charge on any atom is 0.324 e. The molecule has 1 atom stereocenters. The van der Waals surface area contributed by atoms with Gasteiger partial charge in [-0.15, -0.1) is 0 Å². The van der Waals surface area contributed by atoms with Crippen molar-refractivity contribution in [2.24, 2.45) is 5.92 Å². The summed E-state index contributed by atoms with van der Waals surface area (Å²) in [6, 6.07) is 12.7. The van der Waals surface area contributed by atoms with Crippen LogP contribution in [-0.4, -0.2) is 35.7 Å². The van der Waals surface area contributed by atoms with Crippen LogP contribution >= 0.6 is 39.1 Å². The molecule has 4 nitrogen and oxygen atoms in total. The molecule has 1 aliphatic rings. The van der Waals surface area contributed by atoms with Gasteiger partial charge in [-0.2, -0.15) is 0 Å². The molecule has 0 radical (unpaired) electrons. The van der Waals surface area contributed by atoms with Gasteiger partial charge in [0.1, 0.15) is 0 Å². The monoisotopic (exact) mass is 442 g/mol. The first-order chi connectivity index (χ1) is 12.0. The molecular formula is C18H17BrCl2N2O2. The van der Waals surface area contributed by atoms with E-state index in [1.54, 1.807) is 21.9 Å². The van der Waals surface area contributed by atoms with E-state index in [2.05, 4.69) is 15.9 Å². The fourth-order valence-electron chi connectivity index (χ4n) is 2.89. The molecule has 1 unspecified atom stereocenters. The van der Waals surface area contributed by atoms with E-state index in [0.717, 1.165) is 15.7 Å². The SMILES string of the molecule is O=C1N(Cc2ccc(Cl)cc2Cl)CC(CO)CN1c1ccc(Br)cc1. The van der Waals surface area contributed by atoms with E-state index >= 15 is 0 Å². The summed E-state index contributed by atoms with van der Waals surface area (Å²) < 4.78 is 0.948. The Balaban J connectivity index is 1.85. The lowest BCUT2D eigenvalue weighted by atomic mass is 10.1. The molecule has 1 heterocycles. The molecular weight excluding hydrogens is 427 g/mol. The molecule has 1 fully saturated rings. The van der Waals surface area contributed by atoms with Crippen LogP contribution in [0, 0.1) is 5.92 Å². The highest BCUT2D eigenvalue weighted by molar-refractivity contribution is 9.10. The zero-order chi connectivity index (χ0) is 18.0. The van der Waals surface area contributed by atoms with Crippen molar-refractivity contribution in [3.63, 3.8) is 0 Å². The van der Waals surface area contributed by atoms with Crippen LogP contribution in [0.3, 0.4) is 0 Å². The number of rotatable bonds is 4. The topological polar surface area (TPSA) is 43.8 Å². The van der Waals surface area contributed by atoms with Crippen molar-refractivity contribution < 1.29 is 9.90 Å². The number of hydrogen-bond donors (Lipinski definition) is 1. The van der Waals surface area contributed by atoms with Crippen molar-refractivity contribution in [3.05, 3.63) is 62.5 Å². The van der Waals surface area contributed by atoms with Crippen molar-refractivity contribution in [1.82, 2.24) is 4.90 Å². The minimum absolute atomic E-state index is 0.0190. The van der Waals surface area contributed by atoms with Crippen LogP contribution in [0.15, 0.2) is 46.9 Å². The highest BCUT2D eigenvalue weighted by atomic mass is 79.9. The molecule has 25 heavy (non-hydrogen) atoms. The van der Waals surface area contributed by atoms with E-state index in [-0.39, 0.29) is 18.6 Å². The summed E-state index contributed by atoms with van der Waals surface area (Å²) in [5.41, 5.74) is 1.63. The Labute approximate surface area is 165 Å². The van der Waals surface area contributed by atoms with E-state index in [0.29, 0.717) is 29.7 Å². The number of carbonyl (C=O) groups is 1. The Hall–Kier alpha value is -1.27. The Bertz CT molecular complexity index is 770. The third-order valence-electron chi connectivity index (χ3n) is 4.19. The minimum Gasteiger partial charge on any atom is -0.396 e. The van der Waals surface area contributed by atoms with E-state index in [1.165, 1.54) is 0 Å². The van der Waals surface area contributed by atoms with Crippen LogP contribution in [0.4, 0.5) is 10.5 Å². The third-order valence-corrected chi connectivity index (χ3v) is 5.31. The van der Waals surface area contributed by atoms with Gasteiger partial charge in [0.15, 0.2) is 0 Å². The Morgan fingerprint density at radius 3 is 2.48 bits per heavy atom. The van der Waals surface area contributed by atoms with Crippen LogP contribution in [-0.2, 0) is 6.54 Å². The Kier molecular flexibility index (Phi) is 5.89. The summed E-state index contributed by atoms with van der Waals surface area (Å²) in [6.45, 7) is 1.37. The first kappa shape index (κ1) is 18.5. The van der Waals surface area contributed by atoms with Crippen LogP contribution in [0.25, 0.3) is 0 Å². The minimum atomic E-state index is -0.0990. The predicted molar refractivity (Wildman–Crippen MR) is 104 cm³/mol.